The van der Waals surface area contributed by atoms with Crippen molar-refractivity contribution in [3.8, 4) is 6.07 Å². The number of benzene rings is 3. The first-order valence-corrected chi connectivity index (χ1v) is 11.4. The molecule has 0 aliphatic carbocycles. The zero-order valence-corrected chi connectivity index (χ0v) is 18.8. The van der Waals surface area contributed by atoms with Crippen molar-refractivity contribution < 1.29 is 9.18 Å². The summed E-state index contributed by atoms with van der Waals surface area (Å²) >= 11 is 1.61. The van der Waals surface area contributed by atoms with E-state index in [1.54, 1.807) is 28.8 Å². The van der Waals surface area contributed by atoms with Gasteiger partial charge in [0, 0.05) is 47.9 Å². The zero-order valence-electron chi connectivity index (χ0n) is 17.9. The predicted octanol–water partition coefficient (Wildman–Crippen LogP) is 5.15. The third kappa shape index (κ3) is 5.73. The van der Waals surface area contributed by atoms with Gasteiger partial charge in [0.15, 0.2) is 0 Å². The number of hydrogen-bond donors (Lipinski definition) is 1. The Kier molecular flexibility index (Phi) is 7.28. The van der Waals surface area contributed by atoms with Crippen molar-refractivity contribution in [3.05, 3.63) is 96.5 Å². The van der Waals surface area contributed by atoms with Crippen molar-refractivity contribution in [1.29, 1.82) is 5.26 Å². The van der Waals surface area contributed by atoms with Crippen LogP contribution >= 0.6 is 11.8 Å². The number of carbonyl (C=O) groups excluding carboxylic acids is 1. The summed E-state index contributed by atoms with van der Waals surface area (Å²) in [6.07, 6.45) is 1.49. The maximum Gasteiger partial charge on any atom is 0.266 e. The van der Waals surface area contributed by atoms with E-state index in [0.29, 0.717) is 26.2 Å². The molecule has 3 aromatic rings. The lowest BCUT2D eigenvalue weighted by atomic mass is 10.2. The van der Waals surface area contributed by atoms with Gasteiger partial charge in [-0.1, -0.05) is 42.1 Å². The molecule has 1 amide bonds. The Morgan fingerprint density at radius 3 is 2.30 bits per heavy atom. The molecule has 0 spiro atoms. The Labute approximate surface area is 197 Å². The van der Waals surface area contributed by atoms with Crippen LogP contribution in [0.4, 0.5) is 15.8 Å². The highest BCUT2D eigenvalue weighted by Gasteiger charge is 2.24. The first-order chi connectivity index (χ1) is 16.1. The SMILES string of the molecule is N#C/C(=C/Nc1ccccc1Sc1ccccc1)C(=O)N1CCN(c2ccc(F)cc2)CC1. The monoisotopic (exact) mass is 458 g/mol. The third-order valence-corrected chi connectivity index (χ3v) is 6.42. The summed E-state index contributed by atoms with van der Waals surface area (Å²) in [7, 11) is 0. The van der Waals surface area contributed by atoms with Gasteiger partial charge in [-0.3, -0.25) is 4.79 Å². The molecule has 1 heterocycles. The smallest absolute Gasteiger partial charge is 0.266 e. The Morgan fingerprint density at radius 2 is 1.61 bits per heavy atom. The summed E-state index contributed by atoms with van der Waals surface area (Å²) in [4.78, 5) is 18.8. The highest BCUT2D eigenvalue weighted by molar-refractivity contribution is 7.99. The van der Waals surface area contributed by atoms with Gasteiger partial charge in [0.05, 0.1) is 5.69 Å². The zero-order chi connectivity index (χ0) is 23.0. The second kappa shape index (κ2) is 10.7. The van der Waals surface area contributed by atoms with Gasteiger partial charge in [-0.2, -0.15) is 5.26 Å². The van der Waals surface area contributed by atoms with Gasteiger partial charge in [-0.05, 0) is 48.5 Å². The number of para-hydroxylation sites is 1. The number of nitrogens with one attached hydrogen (secondary N) is 1. The second-order valence-electron chi connectivity index (χ2n) is 7.48. The lowest BCUT2D eigenvalue weighted by Gasteiger charge is -2.36. The quantitative estimate of drug-likeness (QED) is 0.409. The average Bonchev–Trinajstić information content (AvgIpc) is 2.86. The number of hydrogen-bond acceptors (Lipinski definition) is 5. The standard InChI is InChI=1S/C26H23FN4OS/c27-21-10-12-22(13-11-21)30-14-16-31(17-15-30)26(32)20(18-28)19-29-24-8-4-5-9-25(24)33-23-6-2-1-3-7-23/h1-13,19,29H,14-17H2/b20-19-. The molecule has 1 aliphatic heterocycles. The fourth-order valence-electron chi connectivity index (χ4n) is 3.57. The van der Waals surface area contributed by atoms with Crippen LogP contribution in [0.25, 0.3) is 0 Å². The molecule has 0 bridgehead atoms. The van der Waals surface area contributed by atoms with Crippen LogP contribution in [0.1, 0.15) is 0 Å². The van der Waals surface area contributed by atoms with E-state index in [2.05, 4.69) is 10.2 Å². The van der Waals surface area contributed by atoms with Gasteiger partial charge in [-0.25, -0.2) is 4.39 Å². The summed E-state index contributed by atoms with van der Waals surface area (Å²) in [5.74, 6) is -0.565. The fourth-order valence-corrected chi connectivity index (χ4v) is 4.50. The Bertz CT molecular complexity index is 1170. The van der Waals surface area contributed by atoms with Crippen molar-refractivity contribution in [2.24, 2.45) is 0 Å². The van der Waals surface area contributed by atoms with Crippen molar-refractivity contribution in [2.45, 2.75) is 9.79 Å². The first-order valence-electron chi connectivity index (χ1n) is 10.6. The van der Waals surface area contributed by atoms with Gasteiger partial charge in [-0.15, -0.1) is 0 Å². The molecule has 1 saturated heterocycles. The number of rotatable bonds is 6. The summed E-state index contributed by atoms with van der Waals surface area (Å²) in [6, 6.07) is 26.2. The largest absolute Gasteiger partial charge is 0.368 e. The van der Waals surface area contributed by atoms with E-state index in [1.165, 1.54) is 18.3 Å². The summed E-state index contributed by atoms with van der Waals surface area (Å²) in [5, 5.41) is 12.8. The van der Waals surface area contributed by atoms with E-state index in [0.717, 1.165) is 21.2 Å². The molecular weight excluding hydrogens is 435 g/mol. The Morgan fingerprint density at radius 1 is 0.939 bits per heavy atom. The van der Waals surface area contributed by atoms with Gasteiger partial charge in [0.1, 0.15) is 17.5 Å². The molecule has 5 nitrogen and oxygen atoms in total. The van der Waals surface area contributed by atoms with Crippen molar-refractivity contribution in [2.75, 3.05) is 36.4 Å². The minimum atomic E-state index is -0.294. The van der Waals surface area contributed by atoms with Gasteiger partial charge in [0.2, 0.25) is 0 Å². The number of anilines is 2. The molecule has 0 aromatic heterocycles. The number of piperazine rings is 1. The molecule has 1 fully saturated rings. The molecule has 3 aromatic carbocycles. The van der Waals surface area contributed by atoms with Crippen LogP contribution in [0.3, 0.4) is 0 Å². The molecule has 0 saturated carbocycles. The molecule has 0 atom stereocenters. The van der Waals surface area contributed by atoms with Crippen LogP contribution in [-0.4, -0.2) is 37.0 Å². The predicted molar refractivity (Wildman–Crippen MR) is 130 cm³/mol. The molecule has 1 aliphatic rings. The van der Waals surface area contributed by atoms with Gasteiger partial charge < -0.3 is 15.1 Å². The van der Waals surface area contributed by atoms with E-state index >= 15 is 0 Å². The minimum absolute atomic E-state index is 0.0600. The third-order valence-electron chi connectivity index (χ3n) is 5.34. The molecule has 1 N–H and O–H groups in total. The second-order valence-corrected chi connectivity index (χ2v) is 8.60. The molecule has 0 radical (unpaired) electrons. The van der Waals surface area contributed by atoms with Crippen molar-refractivity contribution in [3.63, 3.8) is 0 Å². The van der Waals surface area contributed by atoms with E-state index in [4.69, 9.17) is 0 Å². The molecular formula is C26H23FN4OS. The highest BCUT2D eigenvalue weighted by Crippen LogP contribution is 2.33. The van der Waals surface area contributed by atoms with Crippen LogP contribution < -0.4 is 10.2 Å². The average molecular weight is 459 g/mol. The normalized spacial score (nSPS) is 14.0. The number of nitrogens with zero attached hydrogens (tertiary/aromatic N) is 3. The molecule has 7 heteroatoms. The van der Waals surface area contributed by atoms with Crippen molar-refractivity contribution in [1.82, 2.24) is 4.90 Å². The summed E-state index contributed by atoms with van der Waals surface area (Å²) < 4.78 is 13.2. The number of halogens is 1. The van der Waals surface area contributed by atoms with Crippen LogP contribution in [0.2, 0.25) is 0 Å². The molecule has 166 valence electrons. The molecule has 33 heavy (non-hydrogen) atoms. The summed E-state index contributed by atoms with van der Waals surface area (Å²) in [6.45, 7) is 2.24. The first kappa shape index (κ1) is 22.4. The van der Waals surface area contributed by atoms with E-state index in [9.17, 15) is 14.4 Å². The van der Waals surface area contributed by atoms with Crippen molar-refractivity contribution >= 4 is 29.0 Å². The van der Waals surface area contributed by atoms with E-state index in [-0.39, 0.29) is 17.3 Å². The fraction of sp³-hybridized carbons (Fsp3) is 0.154. The lowest BCUT2D eigenvalue weighted by molar-refractivity contribution is -0.127. The molecule has 0 unspecified atom stereocenters. The minimum Gasteiger partial charge on any atom is -0.368 e. The van der Waals surface area contributed by atoms with Crippen LogP contribution in [-0.2, 0) is 4.79 Å². The van der Waals surface area contributed by atoms with E-state index in [1.807, 2.05) is 60.7 Å². The maximum atomic E-state index is 13.2. The Hall–Kier alpha value is -3.76. The van der Waals surface area contributed by atoms with Crippen LogP contribution in [0.15, 0.2) is 100 Å². The highest BCUT2D eigenvalue weighted by atomic mass is 32.2. The van der Waals surface area contributed by atoms with Gasteiger partial charge >= 0.3 is 0 Å². The van der Waals surface area contributed by atoms with Crippen LogP contribution in [0, 0.1) is 17.1 Å². The number of nitriles is 1. The summed E-state index contributed by atoms with van der Waals surface area (Å²) in [5.41, 5.74) is 1.81. The topological polar surface area (TPSA) is 59.4 Å². The number of carbonyl (C=O) groups is 1. The van der Waals surface area contributed by atoms with E-state index < -0.39 is 0 Å². The van der Waals surface area contributed by atoms with Gasteiger partial charge in [0.25, 0.3) is 5.91 Å². The Balaban J connectivity index is 1.40. The lowest BCUT2D eigenvalue weighted by Crippen LogP contribution is -2.49. The van der Waals surface area contributed by atoms with Crippen LogP contribution in [0.5, 0.6) is 0 Å². The molecule has 4 rings (SSSR count). The number of amides is 1. The maximum absolute atomic E-state index is 13.2.